The van der Waals surface area contributed by atoms with Gasteiger partial charge in [-0.15, -0.1) is 0 Å². The van der Waals surface area contributed by atoms with Crippen molar-refractivity contribution in [1.82, 2.24) is 15.5 Å². The van der Waals surface area contributed by atoms with Gasteiger partial charge in [-0.3, -0.25) is 4.79 Å². The molecule has 0 aromatic heterocycles. The van der Waals surface area contributed by atoms with Crippen LogP contribution in [-0.4, -0.2) is 50.6 Å². The van der Waals surface area contributed by atoms with Crippen LogP contribution in [0.1, 0.15) is 27.2 Å². The molecule has 0 rings (SSSR count). The van der Waals surface area contributed by atoms with Crippen molar-refractivity contribution in [1.29, 1.82) is 0 Å². The first-order valence-electron chi connectivity index (χ1n) is 6.30. The maximum absolute atomic E-state index is 11.6. The highest BCUT2D eigenvalue weighted by Gasteiger charge is 2.10. The molecule has 0 aliphatic rings. The Hall–Kier alpha value is -0.610. The number of amides is 1. The minimum Gasteiger partial charge on any atom is -0.356 e. The molecule has 0 aromatic rings. The summed E-state index contributed by atoms with van der Waals surface area (Å²) in [6.07, 6.45) is 1.03. The fraction of sp³-hybridized carbons (Fsp3) is 0.917. The van der Waals surface area contributed by atoms with Gasteiger partial charge in [-0.05, 0) is 33.1 Å². The quantitative estimate of drug-likeness (QED) is 0.572. The van der Waals surface area contributed by atoms with Gasteiger partial charge in [0, 0.05) is 19.0 Å². The zero-order chi connectivity index (χ0) is 12.4. The molecule has 1 amide bonds. The van der Waals surface area contributed by atoms with Crippen molar-refractivity contribution in [3.8, 4) is 0 Å². The SMILES string of the molecule is CCN(CC)CCCNC(=O)C(C)CNC. The molecule has 0 radical (unpaired) electrons. The van der Waals surface area contributed by atoms with Crippen molar-refractivity contribution in [2.24, 2.45) is 5.92 Å². The topological polar surface area (TPSA) is 44.4 Å². The molecule has 0 aromatic carbocycles. The van der Waals surface area contributed by atoms with Gasteiger partial charge in [0.25, 0.3) is 0 Å². The fourth-order valence-corrected chi connectivity index (χ4v) is 1.63. The van der Waals surface area contributed by atoms with Crippen LogP contribution in [0.5, 0.6) is 0 Å². The largest absolute Gasteiger partial charge is 0.356 e. The molecular formula is C12H27N3O. The van der Waals surface area contributed by atoms with E-state index in [1.165, 1.54) is 0 Å². The van der Waals surface area contributed by atoms with Crippen molar-refractivity contribution in [3.63, 3.8) is 0 Å². The van der Waals surface area contributed by atoms with Crippen LogP contribution < -0.4 is 10.6 Å². The predicted molar refractivity (Wildman–Crippen MR) is 68.5 cm³/mol. The first-order valence-corrected chi connectivity index (χ1v) is 6.30. The van der Waals surface area contributed by atoms with E-state index in [9.17, 15) is 4.79 Å². The van der Waals surface area contributed by atoms with Gasteiger partial charge in [-0.2, -0.15) is 0 Å². The number of hydrogen-bond acceptors (Lipinski definition) is 3. The molecule has 4 heteroatoms. The summed E-state index contributed by atoms with van der Waals surface area (Å²) in [5, 5.41) is 5.97. The Labute approximate surface area is 99.8 Å². The molecule has 4 nitrogen and oxygen atoms in total. The van der Waals surface area contributed by atoms with Gasteiger partial charge in [0.15, 0.2) is 0 Å². The van der Waals surface area contributed by atoms with Gasteiger partial charge >= 0.3 is 0 Å². The van der Waals surface area contributed by atoms with Gasteiger partial charge < -0.3 is 15.5 Å². The zero-order valence-corrected chi connectivity index (χ0v) is 11.2. The summed E-state index contributed by atoms with van der Waals surface area (Å²) in [6, 6.07) is 0. The Kier molecular flexibility index (Phi) is 9.24. The van der Waals surface area contributed by atoms with Crippen molar-refractivity contribution < 1.29 is 4.79 Å². The number of carbonyl (C=O) groups is 1. The van der Waals surface area contributed by atoms with Gasteiger partial charge in [0.05, 0.1) is 0 Å². The highest BCUT2D eigenvalue weighted by Crippen LogP contribution is 1.93. The summed E-state index contributed by atoms with van der Waals surface area (Å²) >= 11 is 0. The van der Waals surface area contributed by atoms with E-state index in [0.717, 1.165) is 39.1 Å². The summed E-state index contributed by atoms with van der Waals surface area (Å²) in [7, 11) is 1.87. The minimum absolute atomic E-state index is 0.0541. The number of carbonyl (C=O) groups excluding carboxylic acids is 1. The van der Waals surface area contributed by atoms with Gasteiger partial charge in [0.2, 0.25) is 5.91 Å². The molecule has 0 aliphatic carbocycles. The van der Waals surface area contributed by atoms with E-state index >= 15 is 0 Å². The Morgan fingerprint density at radius 1 is 1.31 bits per heavy atom. The summed E-state index contributed by atoms with van der Waals surface area (Å²) in [4.78, 5) is 13.9. The van der Waals surface area contributed by atoms with E-state index in [4.69, 9.17) is 0 Å². The molecule has 2 N–H and O–H groups in total. The molecular weight excluding hydrogens is 202 g/mol. The van der Waals surface area contributed by atoms with Gasteiger partial charge in [-0.1, -0.05) is 20.8 Å². The molecule has 0 fully saturated rings. The second-order valence-corrected chi connectivity index (χ2v) is 4.13. The van der Waals surface area contributed by atoms with E-state index in [0.29, 0.717) is 0 Å². The molecule has 0 spiro atoms. The number of rotatable bonds is 9. The Morgan fingerprint density at radius 3 is 2.44 bits per heavy atom. The minimum atomic E-state index is 0.0541. The van der Waals surface area contributed by atoms with E-state index in [1.807, 2.05) is 14.0 Å². The van der Waals surface area contributed by atoms with E-state index < -0.39 is 0 Å². The van der Waals surface area contributed by atoms with Gasteiger partial charge in [-0.25, -0.2) is 0 Å². The molecule has 0 saturated carbocycles. The highest BCUT2D eigenvalue weighted by atomic mass is 16.1. The molecule has 1 atom stereocenters. The average Bonchev–Trinajstić information content (AvgIpc) is 2.29. The fourth-order valence-electron chi connectivity index (χ4n) is 1.63. The summed E-state index contributed by atoms with van der Waals surface area (Å²) < 4.78 is 0. The van der Waals surface area contributed by atoms with Crippen molar-refractivity contribution in [2.75, 3.05) is 39.8 Å². The van der Waals surface area contributed by atoms with E-state index in [1.54, 1.807) is 0 Å². The van der Waals surface area contributed by atoms with Crippen molar-refractivity contribution in [2.45, 2.75) is 27.2 Å². The predicted octanol–water partition coefficient (Wildman–Crippen LogP) is 0.690. The number of nitrogens with zero attached hydrogens (tertiary/aromatic N) is 1. The molecule has 16 heavy (non-hydrogen) atoms. The van der Waals surface area contributed by atoms with Crippen LogP contribution in [0.2, 0.25) is 0 Å². The lowest BCUT2D eigenvalue weighted by Crippen LogP contribution is -2.36. The highest BCUT2D eigenvalue weighted by molar-refractivity contribution is 5.78. The third kappa shape index (κ3) is 6.80. The maximum atomic E-state index is 11.6. The Bertz CT molecular complexity index is 181. The van der Waals surface area contributed by atoms with E-state index in [2.05, 4.69) is 29.4 Å². The molecule has 0 bridgehead atoms. The van der Waals surface area contributed by atoms with Crippen LogP contribution in [0.25, 0.3) is 0 Å². The molecule has 0 aliphatic heterocycles. The lowest BCUT2D eigenvalue weighted by Gasteiger charge is -2.18. The number of hydrogen-bond donors (Lipinski definition) is 2. The van der Waals surface area contributed by atoms with Crippen LogP contribution in [-0.2, 0) is 4.79 Å². The summed E-state index contributed by atoms with van der Waals surface area (Å²) in [5.74, 6) is 0.201. The maximum Gasteiger partial charge on any atom is 0.224 e. The number of nitrogens with one attached hydrogen (secondary N) is 2. The molecule has 96 valence electrons. The van der Waals surface area contributed by atoms with Crippen LogP contribution in [0.3, 0.4) is 0 Å². The Morgan fingerprint density at radius 2 is 1.94 bits per heavy atom. The zero-order valence-electron chi connectivity index (χ0n) is 11.2. The summed E-state index contributed by atoms with van der Waals surface area (Å²) in [5.41, 5.74) is 0. The third-order valence-electron chi connectivity index (χ3n) is 2.80. The smallest absolute Gasteiger partial charge is 0.224 e. The monoisotopic (exact) mass is 229 g/mol. The third-order valence-corrected chi connectivity index (χ3v) is 2.80. The lowest BCUT2D eigenvalue weighted by atomic mass is 10.1. The van der Waals surface area contributed by atoms with E-state index in [-0.39, 0.29) is 11.8 Å². The van der Waals surface area contributed by atoms with Crippen LogP contribution in [0.4, 0.5) is 0 Å². The second kappa shape index (κ2) is 9.60. The van der Waals surface area contributed by atoms with Crippen molar-refractivity contribution in [3.05, 3.63) is 0 Å². The lowest BCUT2D eigenvalue weighted by molar-refractivity contribution is -0.124. The molecule has 0 saturated heterocycles. The normalized spacial score (nSPS) is 12.8. The molecule has 1 unspecified atom stereocenters. The summed E-state index contributed by atoms with van der Waals surface area (Å²) in [6.45, 7) is 11.0. The first-order chi connectivity index (χ1) is 7.65. The van der Waals surface area contributed by atoms with Gasteiger partial charge in [0.1, 0.15) is 0 Å². The van der Waals surface area contributed by atoms with Crippen LogP contribution in [0, 0.1) is 5.92 Å². The first kappa shape index (κ1) is 15.4. The van der Waals surface area contributed by atoms with Crippen LogP contribution >= 0.6 is 0 Å². The van der Waals surface area contributed by atoms with Crippen molar-refractivity contribution >= 4 is 5.91 Å². The average molecular weight is 229 g/mol. The second-order valence-electron chi connectivity index (χ2n) is 4.13. The molecule has 0 heterocycles. The standard InChI is InChI=1S/C12H27N3O/c1-5-15(6-2)9-7-8-14-12(16)11(3)10-13-4/h11,13H,5-10H2,1-4H3,(H,14,16). The Balaban J connectivity index is 3.54. The van der Waals surface area contributed by atoms with Crippen LogP contribution in [0.15, 0.2) is 0 Å².